The summed E-state index contributed by atoms with van der Waals surface area (Å²) in [7, 11) is 0. The van der Waals surface area contributed by atoms with Crippen LogP contribution < -0.4 is 5.73 Å². The Kier molecular flexibility index (Phi) is 3.09. The van der Waals surface area contributed by atoms with Crippen LogP contribution in [0.5, 0.6) is 0 Å². The van der Waals surface area contributed by atoms with E-state index in [2.05, 4.69) is 9.80 Å². The molecule has 98 valence electrons. The second-order valence-corrected chi connectivity index (χ2v) is 5.45. The Morgan fingerprint density at radius 1 is 1.28 bits per heavy atom. The van der Waals surface area contributed by atoms with Crippen molar-refractivity contribution >= 4 is 0 Å². The van der Waals surface area contributed by atoms with Gasteiger partial charge in [-0.15, -0.1) is 0 Å². The zero-order valence-corrected chi connectivity index (χ0v) is 10.8. The van der Waals surface area contributed by atoms with Crippen LogP contribution in [0.25, 0.3) is 0 Å². The second kappa shape index (κ2) is 4.61. The summed E-state index contributed by atoms with van der Waals surface area (Å²) >= 11 is 0. The number of nitrogens with zero attached hydrogens (tertiary/aromatic N) is 2. The van der Waals surface area contributed by atoms with E-state index >= 15 is 0 Å². The summed E-state index contributed by atoms with van der Waals surface area (Å²) in [6.07, 6.45) is 0. The van der Waals surface area contributed by atoms with Crippen molar-refractivity contribution in [2.24, 2.45) is 5.73 Å². The molecule has 3 aliphatic rings. The number of fused-ring (bicyclic) bond motifs is 3. The Balaban J connectivity index is 1.85. The van der Waals surface area contributed by atoms with Crippen molar-refractivity contribution in [2.45, 2.75) is 19.0 Å². The van der Waals surface area contributed by atoms with Gasteiger partial charge in [0.05, 0.1) is 0 Å². The molecule has 0 radical (unpaired) electrons. The zero-order valence-electron chi connectivity index (χ0n) is 10.8. The Morgan fingerprint density at radius 3 is 2.61 bits per heavy atom. The Labute approximate surface area is 107 Å². The minimum Gasteiger partial charge on any atom is -0.323 e. The van der Waals surface area contributed by atoms with E-state index in [1.807, 2.05) is 13.0 Å². The number of rotatable bonds is 2. The second-order valence-electron chi connectivity index (χ2n) is 5.45. The molecule has 4 heteroatoms. The van der Waals surface area contributed by atoms with Gasteiger partial charge in [0, 0.05) is 50.4 Å². The lowest BCUT2D eigenvalue weighted by Gasteiger charge is -2.49. The fourth-order valence-electron chi connectivity index (χ4n) is 3.12. The normalized spacial score (nSPS) is 32.5. The third kappa shape index (κ3) is 2.05. The molecule has 1 aromatic carbocycles. The van der Waals surface area contributed by atoms with Crippen molar-refractivity contribution in [3.8, 4) is 0 Å². The molecule has 3 fully saturated rings. The van der Waals surface area contributed by atoms with Crippen LogP contribution in [-0.4, -0.2) is 48.6 Å². The summed E-state index contributed by atoms with van der Waals surface area (Å²) in [4.78, 5) is 4.84. The van der Waals surface area contributed by atoms with Crippen LogP contribution in [0.2, 0.25) is 0 Å². The molecule has 0 aromatic heterocycles. The average Bonchev–Trinajstić information content (AvgIpc) is 2.42. The van der Waals surface area contributed by atoms with Gasteiger partial charge in [0.15, 0.2) is 0 Å². The summed E-state index contributed by atoms with van der Waals surface area (Å²) in [5, 5.41) is 0. The molecule has 3 aliphatic heterocycles. The van der Waals surface area contributed by atoms with E-state index in [4.69, 9.17) is 5.73 Å². The lowest BCUT2D eigenvalue weighted by molar-refractivity contribution is 0.00170. The number of aryl methyl sites for hydroxylation is 1. The molecule has 0 aliphatic carbocycles. The fourth-order valence-corrected chi connectivity index (χ4v) is 3.12. The number of piperazine rings is 3. The molecule has 4 rings (SSSR count). The van der Waals surface area contributed by atoms with Crippen LogP contribution in [0.4, 0.5) is 4.39 Å². The van der Waals surface area contributed by atoms with Gasteiger partial charge in [-0.3, -0.25) is 9.80 Å². The molecular formula is C14H20FN3. The molecule has 0 saturated carbocycles. The van der Waals surface area contributed by atoms with Crippen molar-refractivity contribution < 1.29 is 4.39 Å². The van der Waals surface area contributed by atoms with Crippen LogP contribution in [0, 0.1) is 12.7 Å². The third-order valence-electron chi connectivity index (χ3n) is 4.25. The quantitative estimate of drug-likeness (QED) is 0.853. The highest BCUT2D eigenvalue weighted by Crippen LogP contribution is 2.27. The van der Waals surface area contributed by atoms with Gasteiger partial charge < -0.3 is 5.73 Å². The van der Waals surface area contributed by atoms with Crippen LogP contribution in [-0.2, 0) is 0 Å². The molecule has 18 heavy (non-hydrogen) atoms. The minimum absolute atomic E-state index is 0.175. The summed E-state index contributed by atoms with van der Waals surface area (Å²) in [5.74, 6) is -0.175. The van der Waals surface area contributed by atoms with Crippen LogP contribution in [0.1, 0.15) is 17.2 Å². The van der Waals surface area contributed by atoms with Crippen molar-refractivity contribution in [1.82, 2.24) is 9.80 Å². The molecule has 0 amide bonds. The van der Waals surface area contributed by atoms with Gasteiger partial charge in [0.1, 0.15) is 5.82 Å². The first kappa shape index (κ1) is 12.1. The van der Waals surface area contributed by atoms with Crippen LogP contribution >= 0.6 is 0 Å². The van der Waals surface area contributed by atoms with Gasteiger partial charge in [0.2, 0.25) is 0 Å². The maximum absolute atomic E-state index is 13.9. The fraction of sp³-hybridized carbons (Fsp3) is 0.571. The topological polar surface area (TPSA) is 32.5 Å². The Bertz CT molecular complexity index is 441. The van der Waals surface area contributed by atoms with E-state index in [0.717, 1.165) is 38.3 Å². The molecule has 1 aromatic rings. The summed E-state index contributed by atoms with van der Waals surface area (Å²) in [5.41, 5.74) is 8.05. The number of nitrogens with two attached hydrogens (primary N) is 1. The average molecular weight is 249 g/mol. The molecule has 3 nitrogen and oxygen atoms in total. The monoisotopic (exact) mass is 249 g/mol. The van der Waals surface area contributed by atoms with Crippen LogP contribution in [0.15, 0.2) is 18.2 Å². The first-order valence-corrected chi connectivity index (χ1v) is 6.63. The minimum atomic E-state index is -0.229. The summed E-state index contributed by atoms with van der Waals surface area (Å²) in [6, 6.07) is 5.24. The molecule has 2 unspecified atom stereocenters. The van der Waals surface area contributed by atoms with Crippen molar-refractivity contribution in [2.75, 3.05) is 32.7 Å². The molecule has 3 heterocycles. The van der Waals surface area contributed by atoms with E-state index in [1.165, 1.54) is 6.07 Å². The van der Waals surface area contributed by atoms with Gasteiger partial charge in [-0.1, -0.05) is 17.7 Å². The number of hydrogen-bond donors (Lipinski definition) is 1. The number of benzene rings is 1. The SMILES string of the molecule is Cc1ccc(F)c(C(N)C2CN3CCN2CC3)c1. The van der Waals surface area contributed by atoms with E-state index in [9.17, 15) is 4.39 Å². The van der Waals surface area contributed by atoms with Crippen molar-refractivity contribution in [3.63, 3.8) is 0 Å². The van der Waals surface area contributed by atoms with Gasteiger partial charge in [-0.2, -0.15) is 0 Å². The van der Waals surface area contributed by atoms with Crippen LogP contribution in [0.3, 0.4) is 0 Å². The lowest BCUT2D eigenvalue weighted by Crippen LogP contribution is -2.63. The standard InChI is InChI=1S/C14H20FN3/c1-10-2-3-12(15)11(8-10)14(16)13-9-17-4-6-18(13)7-5-17/h2-3,8,13-14H,4-7,9,16H2,1H3. The predicted octanol–water partition coefficient (Wildman–Crippen LogP) is 1.13. The summed E-state index contributed by atoms with van der Waals surface area (Å²) < 4.78 is 13.9. The Hall–Kier alpha value is -0.970. The lowest BCUT2D eigenvalue weighted by atomic mass is 9.93. The van der Waals surface area contributed by atoms with Gasteiger partial charge in [0.25, 0.3) is 0 Å². The van der Waals surface area contributed by atoms with Gasteiger partial charge >= 0.3 is 0 Å². The predicted molar refractivity (Wildman–Crippen MR) is 69.9 cm³/mol. The highest BCUT2D eigenvalue weighted by Gasteiger charge is 2.36. The highest BCUT2D eigenvalue weighted by molar-refractivity contribution is 5.28. The number of hydrogen-bond acceptors (Lipinski definition) is 3. The largest absolute Gasteiger partial charge is 0.323 e. The number of halogens is 1. The highest BCUT2D eigenvalue weighted by atomic mass is 19.1. The first-order valence-electron chi connectivity index (χ1n) is 6.63. The smallest absolute Gasteiger partial charge is 0.128 e. The maximum atomic E-state index is 13.9. The van der Waals surface area contributed by atoms with E-state index in [0.29, 0.717) is 5.56 Å². The van der Waals surface area contributed by atoms with E-state index in [-0.39, 0.29) is 17.9 Å². The molecule has 2 N–H and O–H groups in total. The van der Waals surface area contributed by atoms with Crippen molar-refractivity contribution in [3.05, 3.63) is 35.1 Å². The maximum Gasteiger partial charge on any atom is 0.128 e. The van der Waals surface area contributed by atoms with E-state index in [1.54, 1.807) is 6.07 Å². The Morgan fingerprint density at radius 2 is 2.00 bits per heavy atom. The zero-order chi connectivity index (χ0) is 12.7. The third-order valence-corrected chi connectivity index (χ3v) is 4.25. The first-order chi connectivity index (χ1) is 8.65. The van der Waals surface area contributed by atoms with Crippen molar-refractivity contribution in [1.29, 1.82) is 0 Å². The molecule has 2 atom stereocenters. The van der Waals surface area contributed by atoms with Gasteiger partial charge in [-0.05, 0) is 13.0 Å². The molecule has 2 bridgehead atoms. The summed E-state index contributed by atoms with van der Waals surface area (Å²) in [6.45, 7) is 7.32. The van der Waals surface area contributed by atoms with Gasteiger partial charge in [-0.25, -0.2) is 4.39 Å². The molecule has 0 spiro atoms. The molecule has 3 saturated heterocycles. The van der Waals surface area contributed by atoms with E-state index < -0.39 is 0 Å². The molecular weight excluding hydrogens is 229 g/mol.